The number of pyridine rings is 1. The average Bonchev–Trinajstić information content (AvgIpc) is 2.08. The van der Waals surface area contributed by atoms with Gasteiger partial charge in [0.2, 0.25) is 0 Å². The van der Waals surface area contributed by atoms with Gasteiger partial charge in [0.25, 0.3) is 0 Å². The number of aromatic nitrogens is 1. The van der Waals surface area contributed by atoms with Gasteiger partial charge in [0, 0.05) is 11.8 Å². The van der Waals surface area contributed by atoms with Crippen molar-refractivity contribution in [2.75, 3.05) is 5.73 Å². The third-order valence-electron chi connectivity index (χ3n) is 1.25. The standard InChI is InChI=1S/C7H9N5S/c8-6-5(2-1-3-10-6)4-11-12-7(9)13/h1-4H,(H2,8,10)(H3,9,12,13)/b11-4-. The normalized spacial score (nSPS) is 10.2. The second-order valence-electron chi connectivity index (χ2n) is 2.21. The van der Waals surface area contributed by atoms with Crippen molar-refractivity contribution in [1.29, 1.82) is 0 Å². The molecule has 0 aliphatic heterocycles. The van der Waals surface area contributed by atoms with Crippen molar-refractivity contribution in [2.24, 2.45) is 10.8 Å². The second-order valence-corrected chi connectivity index (χ2v) is 2.65. The quantitative estimate of drug-likeness (QED) is 0.346. The molecule has 1 rings (SSSR count). The molecule has 0 fully saturated rings. The Balaban J connectivity index is 2.68. The van der Waals surface area contributed by atoms with Crippen molar-refractivity contribution in [3.8, 4) is 0 Å². The fourth-order valence-electron chi connectivity index (χ4n) is 0.705. The number of thiocarbonyl (C=S) groups is 1. The molecule has 0 amide bonds. The molecule has 0 saturated carbocycles. The highest BCUT2D eigenvalue weighted by Crippen LogP contribution is 2.02. The van der Waals surface area contributed by atoms with Crippen LogP contribution in [0.4, 0.5) is 5.82 Å². The number of hydrogen-bond donors (Lipinski definition) is 3. The largest absolute Gasteiger partial charge is 0.383 e. The third-order valence-corrected chi connectivity index (χ3v) is 1.34. The summed E-state index contributed by atoms with van der Waals surface area (Å²) in [5.41, 5.74) is 13.8. The van der Waals surface area contributed by atoms with Crippen molar-refractivity contribution in [2.45, 2.75) is 0 Å². The van der Waals surface area contributed by atoms with E-state index < -0.39 is 0 Å². The molecule has 0 atom stereocenters. The van der Waals surface area contributed by atoms with Crippen molar-refractivity contribution < 1.29 is 0 Å². The third kappa shape index (κ3) is 3.04. The summed E-state index contributed by atoms with van der Waals surface area (Å²) in [6, 6.07) is 3.55. The summed E-state index contributed by atoms with van der Waals surface area (Å²) in [7, 11) is 0. The lowest BCUT2D eigenvalue weighted by molar-refractivity contribution is 1.04. The maximum atomic E-state index is 5.54. The number of hydrazone groups is 1. The highest BCUT2D eigenvalue weighted by atomic mass is 32.1. The van der Waals surface area contributed by atoms with E-state index in [2.05, 4.69) is 27.7 Å². The predicted octanol–water partition coefficient (Wildman–Crippen LogP) is -0.169. The van der Waals surface area contributed by atoms with E-state index in [4.69, 9.17) is 11.5 Å². The molecule has 5 N–H and O–H groups in total. The maximum absolute atomic E-state index is 5.54. The summed E-state index contributed by atoms with van der Waals surface area (Å²) >= 11 is 4.55. The lowest BCUT2D eigenvalue weighted by atomic mass is 10.3. The van der Waals surface area contributed by atoms with Crippen LogP contribution in [0.3, 0.4) is 0 Å². The number of nitrogen functional groups attached to an aromatic ring is 1. The van der Waals surface area contributed by atoms with E-state index in [0.29, 0.717) is 11.4 Å². The molecule has 1 heterocycles. The van der Waals surface area contributed by atoms with E-state index in [9.17, 15) is 0 Å². The van der Waals surface area contributed by atoms with Crippen LogP contribution in [0.5, 0.6) is 0 Å². The Hall–Kier alpha value is -1.69. The Morgan fingerprint density at radius 2 is 2.46 bits per heavy atom. The predicted molar refractivity (Wildman–Crippen MR) is 56.2 cm³/mol. The Labute approximate surface area is 80.8 Å². The fraction of sp³-hybridized carbons (Fsp3) is 0. The van der Waals surface area contributed by atoms with Crippen LogP contribution < -0.4 is 16.9 Å². The zero-order chi connectivity index (χ0) is 9.68. The summed E-state index contributed by atoms with van der Waals surface area (Å²) in [4.78, 5) is 3.87. The molecule has 0 aliphatic carbocycles. The van der Waals surface area contributed by atoms with Crippen LogP contribution in [0, 0.1) is 0 Å². The highest BCUT2D eigenvalue weighted by Gasteiger charge is 1.93. The first-order chi connectivity index (χ1) is 6.20. The number of anilines is 1. The molecule has 0 saturated heterocycles. The molecule has 5 nitrogen and oxygen atoms in total. The first kappa shape index (κ1) is 9.40. The monoisotopic (exact) mass is 195 g/mol. The molecule has 0 aliphatic rings. The van der Waals surface area contributed by atoms with E-state index in [1.807, 2.05) is 0 Å². The van der Waals surface area contributed by atoms with Crippen LogP contribution in [0.1, 0.15) is 5.56 Å². The minimum Gasteiger partial charge on any atom is -0.383 e. The van der Waals surface area contributed by atoms with Gasteiger partial charge in [0.05, 0.1) is 6.21 Å². The topological polar surface area (TPSA) is 89.3 Å². The van der Waals surface area contributed by atoms with E-state index >= 15 is 0 Å². The van der Waals surface area contributed by atoms with Gasteiger partial charge in [-0.3, -0.25) is 5.43 Å². The summed E-state index contributed by atoms with van der Waals surface area (Å²) in [6.45, 7) is 0. The average molecular weight is 195 g/mol. The molecule has 0 aromatic carbocycles. The summed E-state index contributed by atoms with van der Waals surface area (Å²) < 4.78 is 0. The van der Waals surface area contributed by atoms with E-state index in [1.54, 1.807) is 18.3 Å². The first-order valence-electron chi connectivity index (χ1n) is 3.49. The van der Waals surface area contributed by atoms with Gasteiger partial charge in [-0.25, -0.2) is 4.98 Å². The number of hydrogen-bond acceptors (Lipinski definition) is 4. The highest BCUT2D eigenvalue weighted by molar-refractivity contribution is 7.80. The van der Waals surface area contributed by atoms with Crippen LogP contribution in [-0.2, 0) is 0 Å². The van der Waals surface area contributed by atoms with Crippen LogP contribution in [0.2, 0.25) is 0 Å². The summed E-state index contributed by atoms with van der Waals surface area (Å²) in [6.07, 6.45) is 3.11. The van der Waals surface area contributed by atoms with Gasteiger partial charge in [-0.05, 0) is 24.4 Å². The van der Waals surface area contributed by atoms with Crippen molar-refractivity contribution in [3.63, 3.8) is 0 Å². The van der Waals surface area contributed by atoms with Gasteiger partial charge in [-0.2, -0.15) is 5.10 Å². The Kier molecular flexibility index (Phi) is 3.15. The van der Waals surface area contributed by atoms with Crippen LogP contribution >= 0.6 is 12.2 Å². The molecule has 0 unspecified atom stereocenters. The van der Waals surface area contributed by atoms with Gasteiger partial charge in [-0.1, -0.05) is 0 Å². The smallest absolute Gasteiger partial charge is 0.184 e. The van der Waals surface area contributed by atoms with E-state index in [-0.39, 0.29) is 5.11 Å². The molecular weight excluding hydrogens is 186 g/mol. The van der Waals surface area contributed by atoms with E-state index in [0.717, 1.165) is 0 Å². The SMILES string of the molecule is NC(=S)N/N=C\c1cccnc1N. The summed E-state index contributed by atoms with van der Waals surface area (Å²) in [5, 5.41) is 3.85. The van der Waals surface area contributed by atoms with Crippen molar-refractivity contribution in [3.05, 3.63) is 23.9 Å². The lowest BCUT2D eigenvalue weighted by Crippen LogP contribution is -2.24. The van der Waals surface area contributed by atoms with Gasteiger partial charge >= 0.3 is 0 Å². The Morgan fingerprint density at radius 1 is 1.69 bits per heavy atom. The van der Waals surface area contributed by atoms with Crippen LogP contribution in [0.25, 0.3) is 0 Å². The molecule has 0 spiro atoms. The summed E-state index contributed by atoms with van der Waals surface area (Å²) in [5.74, 6) is 0.413. The first-order valence-corrected chi connectivity index (χ1v) is 3.90. The number of rotatable bonds is 2. The zero-order valence-corrected chi connectivity index (χ0v) is 7.58. The zero-order valence-electron chi connectivity index (χ0n) is 6.77. The number of nitrogens with zero attached hydrogens (tertiary/aromatic N) is 2. The Morgan fingerprint density at radius 3 is 3.08 bits per heavy atom. The molecular formula is C7H9N5S. The second kappa shape index (κ2) is 4.36. The number of nitrogens with one attached hydrogen (secondary N) is 1. The molecule has 6 heteroatoms. The van der Waals surface area contributed by atoms with Crippen molar-refractivity contribution >= 4 is 29.4 Å². The van der Waals surface area contributed by atoms with Crippen LogP contribution in [0.15, 0.2) is 23.4 Å². The number of nitrogens with two attached hydrogens (primary N) is 2. The van der Waals surface area contributed by atoms with Gasteiger partial charge in [0.1, 0.15) is 5.82 Å². The minimum absolute atomic E-state index is 0.110. The molecule has 68 valence electrons. The maximum Gasteiger partial charge on any atom is 0.184 e. The lowest BCUT2D eigenvalue weighted by Gasteiger charge is -1.97. The van der Waals surface area contributed by atoms with Crippen molar-refractivity contribution in [1.82, 2.24) is 10.4 Å². The van der Waals surface area contributed by atoms with Gasteiger partial charge in [0.15, 0.2) is 5.11 Å². The molecule has 1 aromatic rings. The molecule has 13 heavy (non-hydrogen) atoms. The Bertz CT molecular complexity index is 335. The molecule has 0 radical (unpaired) electrons. The molecule has 0 bridgehead atoms. The van der Waals surface area contributed by atoms with Gasteiger partial charge in [-0.15, -0.1) is 0 Å². The van der Waals surface area contributed by atoms with E-state index in [1.165, 1.54) is 6.21 Å². The minimum atomic E-state index is 0.110. The van der Waals surface area contributed by atoms with Crippen LogP contribution in [-0.4, -0.2) is 16.3 Å². The molecule has 1 aromatic heterocycles. The van der Waals surface area contributed by atoms with Gasteiger partial charge < -0.3 is 11.5 Å². The fourth-order valence-corrected chi connectivity index (χ4v) is 0.757.